The summed E-state index contributed by atoms with van der Waals surface area (Å²) >= 11 is 2.42. The van der Waals surface area contributed by atoms with Gasteiger partial charge in [0.15, 0.2) is 15.8 Å². The molecule has 0 aliphatic rings. The van der Waals surface area contributed by atoms with E-state index < -0.39 is 5.91 Å². The van der Waals surface area contributed by atoms with Crippen LogP contribution < -0.4 is 24.8 Å². The minimum Gasteiger partial charge on any atom is -0.493 e. The minimum absolute atomic E-state index is 0.150. The van der Waals surface area contributed by atoms with Crippen LogP contribution in [0.15, 0.2) is 34.7 Å². The van der Waals surface area contributed by atoms with E-state index in [0.717, 1.165) is 16.8 Å². The van der Waals surface area contributed by atoms with Crippen LogP contribution in [0, 0.1) is 13.8 Å². The summed E-state index contributed by atoms with van der Waals surface area (Å²) in [6.07, 6.45) is 0. The van der Waals surface area contributed by atoms with Crippen LogP contribution in [-0.2, 0) is 4.79 Å². The van der Waals surface area contributed by atoms with Gasteiger partial charge in [0.25, 0.3) is 5.91 Å². The Hall–Kier alpha value is -3.31. The number of aryl methyl sites for hydroxylation is 2. The molecule has 0 aliphatic heterocycles. The molecule has 0 radical (unpaired) electrons. The second-order valence-corrected chi connectivity index (χ2v) is 9.15. The van der Waals surface area contributed by atoms with Gasteiger partial charge in [-0.05, 0) is 49.2 Å². The van der Waals surface area contributed by atoms with Gasteiger partial charge in [-0.3, -0.25) is 14.9 Å². The first-order valence-corrected chi connectivity index (χ1v) is 11.6. The highest BCUT2D eigenvalue weighted by molar-refractivity contribution is 8.01. The second kappa shape index (κ2) is 11.0. The molecule has 11 heteroatoms. The van der Waals surface area contributed by atoms with E-state index in [4.69, 9.17) is 14.2 Å². The van der Waals surface area contributed by atoms with Gasteiger partial charge in [0.05, 0.1) is 27.1 Å². The first-order valence-electron chi connectivity index (χ1n) is 9.78. The SMILES string of the molecule is COc1cc(C(=O)Nc2nnc(SCC(=O)Nc3cc(C)cc(C)c3)s2)cc(OC)c1OC. The summed E-state index contributed by atoms with van der Waals surface area (Å²) in [6, 6.07) is 8.96. The molecule has 174 valence electrons. The maximum absolute atomic E-state index is 12.7. The number of hydrogen-bond donors (Lipinski definition) is 2. The van der Waals surface area contributed by atoms with Crippen LogP contribution in [0.5, 0.6) is 17.2 Å². The van der Waals surface area contributed by atoms with Gasteiger partial charge >= 0.3 is 0 Å². The summed E-state index contributed by atoms with van der Waals surface area (Å²) in [5.41, 5.74) is 3.22. The zero-order valence-electron chi connectivity index (χ0n) is 18.8. The lowest BCUT2D eigenvalue weighted by atomic mass is 10.1. The van der Waals surface area contributed by atoms with Crippen molar-refractivity contribution >= 4 is 45.7 Å². The standard InChI is InChI=1S/C22H24N4O5S2/c1-12-6-13(2)8-15(7-12)23-18(27)11-32-22-26-25-21(33-22)24-20(28)14-9-16(29-3)19(31-5)17(10-14)30-4/h6-10H,11H2,1-5H3,(H,23,27)(H,24,25,28). The van der Waals surface area contributed by atoms with Gasteiger partial charge < -0.3 is 19.5 Å². The molecule has 1 aromatic heterocycles. The highest BCUT2D eigenvalue weighted by Gasteiger charge is 2.18. The van der Waals surface area contributed by atoms with Crippen LogP contribution >= 0.6 is 23.1 Å². The minimum atomic E-state index is -0.408. The van der Waals surface area contributed by atoms with Gasteiger partial charge in [-0.1, -0.05) is 29.2 Å². The van der Waals surface area contributed by atoms with Crippen molar-refractivity contribution in [1.82, 2.24) is 10.2 Å². The van der Waals surface area contributed by atoms with Crippen molar-refractivity contribution in [2.45, 2.75) is 18.2 Å². The van der Waals surface area contributed by atoms with Crippen LogP contribution in [-0.4, -0.2) is 49.1 Å². The van der Waals surface area contributed by atoms with Crippen molar-refractivity contribution in [2.24, 2.45) is 0 Å². The molecule has 3 rings (SSSR count). The molecule has 0 aliphatic carbocycles. The molecule has 9 nitrogen and oxygen atoms in total. The molecular weight excluding hydrogens is 464 g/mol. The summed E-state index contributed by atoms with van der Waals surface area (Å²) in [5, 5.41) is 13.9. The van der Waals surface area contributed by atoms with Crippen molar-refractivity contribution in [3.05, 3.63) is 47.0 Å². The Morgan fingerprint density at radius 1 is 0.909 bits per heavy atom. The molecule has 0 saturated heterocycles. The largest absolute Gasteiger partial charge is 0.493 e. The number of anilines is 2. The first kappa shape index (κ1) is 24.3. The van der Waals surface area contributed by atoms with Gasteiger partial charge in [0.1, 0.15) is 0 Å². The number of nitrogens with one attached hydrogen (secondary N) is 2. The number of aromatic nitrogens is 2. The van der Waals surface area contributed by atoms with Crippen molar-refractivity contribution in [1.29, 1.82) is 0 Å². The summed E-state index contributed by atoms with van der Waals surface area (Å²) in [6.45, 7) is 3.96. The molecule has 2 N–H and O–H groups in total. The van der Waals surface area contributed by atoms with Crippen LogP contribution in [0.1, 0.15) is 21.5 Å². The van der Waals surface area contributed by atoms with E-state index >= 15 is 0 Å². The monoisotopic (exact) mass is 488 g/mol. The molecule has 0 atom stereocenters. The highest BCUT2D eigenvalue weighted by Crippen LogP contribution is 2.38. The van der Waals surface area contributed by atoms with Crippen molar-refractivity contribution < 1.29 is 23.8 Å². The first-order chi connectivity index (χ1) is 15.8. The van der Waals surface area contributed by atoms with E-state index in [1.807, 2.05) is 32.0 Å². The van der Waals surface area contributed by atoms with Crippen LogP contribution in [0.3, 0.4) is 0 Å². The van der Waals surface area contributed by atoms with E-state index in [9.17, 15) is 9.59 Å². The summed E-state index contributed by atoms with van der Waals surface area (Å²) in [7, 11) is 4.44. The molecule has 0 unspecified atom stereocenters. The highest BCUT2D eigenvalue weighted by atomic mass is 32.2. The molecule has 1 heterocycles. The third-order valence-corrected chi connectivity index (χ3v) is 6.36. The molecule has 33 heavy (non-hydrogen) atoms. The van der Waals surface area contributed by atoms with Crippen molar-refractivity contribution in [2.75, 3.05) is 37.7 Å². The Labute approximate surface area is 199 Å². The summed E-state index contributed by atoms with van der Waals surface area (Å²) in [5.74, 6) is 0.737. The van der Waals surface area contributed by atoms with E-state index in [0.29, 0.717) is 32.3 Å². The number of ether oxygens (including phenoxy) is 3. The number of thioether (sulfide) groups is 1. The van der Waals surface area contributed by atoms with Crippen molar-refractivity contribution in [3.8, 4) is 17.2 Å². The number of methoxy groups -OCH3 is 3. The number of amides is 2. The zero-order chi connectivity index (χ0) is 24.0. The average molecular weight is 489 g/mol. The topological polar surface area (TPSA) is 112 Å². The number of hydrogen-bond acceptors (Lipinski definition) is 9. The third kappa shape index (κ3) is 6.36. The number of carbonyl (C=O) groups excluding carboxylic acids is 2. The Balaban J connectivity index is 1.60. The van der Waals surface area contributed by atoms with Gasteiger partial charge in [-0.25, -0.2) is 0 Å². The Morgan fingerprint density at radius 3 is 2.12 bits per heavy atom. The maximum atomic E-state index is 12.7. The maximum Gasteiger partial charge on any atom is 0.257 e. The van der Waals surface area contributed by atoms with Gasteiger partial charge in [0.2, 0.25) is 16.8 Å². The third-order valence-electron chi connectivity index (χ3n) is 4.39. The van der Waals surface area contributed by atoms with Crippen molar-refractivity contribution in [3.63, 3.8) is 0 Å². The number of carbonyl (C=O) groups is 2. The van der Waals surface area contributed by atoms with Crippen LogP contribution in [0.25, 0.3) is 0 Å². The van der Waals surface area contributed by atoms with E-state index in [1.165, 1.54) is 44.4 Å². The predicted octanol–water partition coefficient (Wildman–Crippen LogP) is 4.16. The van der Waals surface area contributed by atoms with E-state index in [2.05, 4.69) is 20.8 Å². The lowest BCUT2D eigenvalue weighted by Gasteiger charge is -2.13. The zero-order valence-corrected chi connectivity index (χ0v) is 20.5. The summed E-state index contributed by atoms with van der Waals surface area (Å²) in [4.78, 5) is 25.0. The van der Waals surface area contributed by atoms with Gasteiger partial charge in [0, 0.05) is 11.3 Å². The Bertz CT molecular complexity index is 1120. The molecule has 0 bridgehead atoms. The number of nitrogens with zero attached hydrogens (tertiary/aromatic N) is 2. The molecule has 0 spiro atoms. The van der Waals surface area contributed by atoms with Gasteiger partial charge in [-0.2, -0.15) is 0 Å². The Morgan fingerprint density at radius 2 is 1.55 bits per heavy atom. The lowest BCUT2D eigenvalue weighted by molar-refractivity contribution is -0.113. The van der Waals surface area contributed by atoms with E-state index in [1.54, 1.807) is 12.1 Å². The van der Waals surface area contributed by atoms with Crippen LogP contribution in [0.4, 0.5) is 10.8 Å². The second-order valence-electron chi connectivity index (χ2n) is 6.95. The molecule has 3 aromatic rings. The summed E-state index contributed by atoms with van der Waals surface area (Å²) < 4.78 is 16.4. The Kier molecular flexibility index (Phi) is 8.12. The lowest BCUT2D eigenvalue weighted by Crippen LogP contribution is -2.14. The molecule has 2 amide bonds. The normalized spacial score (nSPS) is 10.5. The fourth-order valence-corrected chi connectivity index (χ4v) is 4.62. The molecule has 0 saturated carbocycles. The molecule has 2 aromatic carbocycles. The molecular formula is C22H24N4O5S2. The number of rotatable bonds is 9. The van der Waals surface area contributed by atoms with Gasteiger partial charge in [-0.15, -0.1) is 10.2 Å². The average Bonchev–Trinajstić information content (AvgIpc) is 3.23. The fraction of sp³-hybridized carbons (Fsp3) is 0.273. The quantitative estimate of drug-likeness (QED) is 0.341. The van der Waals surface area contributed by atoms with E-state index in [-0.39, 0.29) is 11.7 Å². The smallest absolute Gasteiger partial charge is 0.257 e. The number of benzene rings is 2. The predicted molar refractivity (Wildman–Crippen MR) is 129 cm³/mol. The molecule has 0 fully saturated rings. The van der Waals surface area contributed by atoms with Crippen LogP contribution in [0.2, 0.25) is 0 Å². The fourth-order valence-electron chi connectivity index (χ4n) is 3.07.